The summed E-state index contributed by atoms with van der Waals surface area (Å²) < 4.78 is 37.9. The Morgan fingerprint density at radius 3 is 2.25 bits per heavy atom. The van der Waals surface area contributed by atoms with Gasteiger partial charge in [0, 0.05) is 10.7 Å². The van der Waals surface area contributed by atoms with Gasteiger partial charge in [0.25, 0.3) is 0 Å². The molecule has 1 atom stereocenters. The highest BCUT2D eigenvalue weighted by atomic mass is 35.5. The number of rotatable bonds is 2. The summed E-state index contributed by atoms with van der Waals surface area (Å²) in [5.74, 6) is -0.562. The molecule has 0 bridgehead atoms. The van der Waals surface area contributed by atoms with Crippen LogP contribution in [0.5, 0.6) is 0 Å². The van der Waals surface area contributed by atoms with E-state index in [0.717, 1.165) is 12.1 Å². The molecule has 0 unspecified atom stereocenters. The molecule has 1 aromatic rings. The van der Waals surface area contributed by atoms with Crippen LogP contribution < -0.4 is 11.1 Å². The van der Waals surface area contributed by atoms with E-state index in [9.17, 15) is 18.0 Å². The van der Waals surface area contributed by atoms with Crippen LogP contribution in [0, 0.1) is 5.41 Å². The first-order valence-corrected chi connectivity index (χ1v) is 6.23. The van der Waals surface area contributed by atoms with E-state index in [2.05, 4.69) is 5.32 Å². The third kappa shape index (κ3) is 4.38. The number of halogens is 4. The van der Waals surface area contributed by atoms with Gasteiger partial charge in [-0.25, -0.2) is 0 Å². The molecule has 0 aliphatic rings. The first-order chi connectivity index (χ1) is 8.91. The number of anilines is 1. The van der Waals surface area contributed by atoms with E-state index < -0.39 is 29.1 Å². The molecule has 0 aromatic heterocycles. The van der Waals surface area contributed by atoms with Crippen molar-refractivity contribution in [1.29, 1.82) is 0 Å². The molecule has 20 heavy (non-hydrogen) atoms. The third-order valence-corrected chi connectivity index (χ3v) is 2.93. The zero-order valence-electron chi connectivity index (χ0n) is 11.3. The molecule has 0 aliphatic carbocycles. The summed E-state index contributed by atoms with van der Waals surface area (Å²) in [4.78, 5) is 11.9. The maximum Gasteiger partial charge on any atom is 0.416 e. The van der Waals surface area contributed by atoms with Crippen molar-refractivity contribution >= 4 is 23.2 Å². The molecule has 1 amide bonds. The lowest BCUT2D eigenvalue weighted by atomic mass is 9.87. The van der Waals surface area contributed by atoms with Crippen molar-refractivity contribution in [3.8, 4) is 0 Å². The van der Waals surface area contributed by atoms with Gasteiger partial charge < -0.3 is 11.1 Å². The fourth-order valence-corrected chi connectivity index (χ4v) is 1.67. The predicted molar refractivity (Wildman–Crippen MR) is 72.5 cm³/mol. The average molecular weight is 309 g/mol. The maximum absolute atomic E-state index is 12.6. The molecule has 1 aromatic carbocycles. The van der Waals surface area contributed by atoms with Crippen LogP contribution in [-0.2, 0) is 11.0 Å². The summed E-state index contributed by atoms with van der Waals surface area (Å²) >= 11 is 5.63. The normalized spacial score (nSPS) is 14.0. The average Bonchev–Trinajstić information content (AvgIpc) is 2.24. The second-order valence-electron chi connectivity index (χ2n) is 5.56. The maximum atomic E-state index is 12.6. The Hall–Kier alpha value is -1.27. The lowest BCUT2D eigenvalue weighted by Crippen LogP contribution is -2.45. The predicted octanol–water partition coefficient (Wildman–Crippen LogP) is 3.67. The van der Waals surface area contributed by atoms with Gasteiger partial charge in [0.2, 0.25) is 5.91 Å². The van der Waals surface area contributed by atoms with Gasteiger partial charge in [0.15, 0.2) is 0 Å². The minimum absolute atomic E-state index is 0.0328. The number of carbonyl (C=O) groups is 1. The zero-order chi connectivity index (χ0) is 15.7. The summed E-state index contributed by atoms with van der Waals surface area (Å²) in [6, 6.07) is 2.00. The second-order valence-corrected chi connectivity index (χ2v) is 6.00. The van der Waals surface area contributed by atoms with Gasteiger partial charge in [0.05, 0.1) is 11.6 Å². The first kappa shape index (κ1) is 16.8. The van der Waals surface area contributed by atoms with Gasteiger partial charge in [-0.3, -0.25) is 4.79 Å². The molecule has 0 spiro atoms. The lowest BCUT2D eigenvalue weighted by molar-refractivity contribution is -0.137. The van der Waals surface area contributed by atoms with Crippen LogP contribution >= 0.6 is 11.6 Å². The molecule has 3 N–H and O–H groups in total. The zero-order valence-corrected chi connectivity index (χ0v) is 12.1. The summed E-state index contributed by atoms with van der Waals surface area (Å²) in [5.41, 5.74) is 4.27. The standard InChI is InChI=1S/C13H16ClF3N2O/c1-12(2,3)10(18)11(20)19-9-5-7(13(15,16)17)4-8(14)6-9/h4-6,10H,18H2,1-3H3,(H,19,20)/t10-/m0/s1. The third-order valence-electron chi connectivity index (χ3n) is 2.71. The van der Waals surface area contributed by atoms with Gasteiger partial charge in [-0.2, -0.15) is 13.2 Å². The number of alkyl halides is 3. The molecule has 112 valence electrons. The smallest absolute Gasteiger partial charge is 0.325 e. The van der Waals surface area contributed by atoms with Crippen molar-refractivity contribution in [2.24, 2.45) is 11.1 Å². The Labute approximate surface area is 120 Å². The van der Waals surface area contributed by atoms with Gasteiger partial charge in [0.1, 0.15) is 0 Å². The number of nitrogens with two attached hydrogens (primary N) is 1. The Kier molecular flexibility index (Phi) is 4.71. The monoisotopic (exact) mass is 308 g/mol. The van der Waals surface area contributed by atoms with Crippen LogP contribution in [0.2, 0.25) is 5.02 Å². The number of carbonyl (C=O) groups excluding carboxylic acids is 1. The van der Waals surface area contributed by atoms with Crippen LogP contribution in [-0.4, -0.2) is 11.9 Å². The molecule has 0 saturated carbocycles. The SMILES string of the molecule is CC(C)(C)[C@@H](N)C(=O)Nc1cc(Cl)cc(C(F)(F)F)c1. The Morgan fingerprint density at radius 2 is 1.80 bits per heavy atom. The van der Waals surface area contributed by atoms with Crippen molar-refractivity contribution in [3.05, 3.63) is 28.8 Å². The molecular weight excluding hydrogens is 293 g/mol. The van der Waals surface area contributed by atoms with Crippen molar-refractivity contribution in [2.75, 3.05) is 5.32 Å². The van der Waals surface area contributed by atoms with E-state index in [1.165, 1.54) is 6.07 Å². The van der Waals surface area contributed by atoms with Gasteiger partial charge >= 0.3 is 6.18 Å². The molecule has 1 rings (SSSR count). The summed E-state index contributed by atoms with van der Waals surface area (Å²) in [6.45, 7) is 5.28. The van der Waals surface area contributed by atoms with Crippen molar-refractivity contribution in [2.45, 2.75) is 33.0 Å². The highest BCUT2D eigenvalue weighted by Gasteiger charge is 2.32. The first-order valence-electron chi connectivity index (χ1n) is 5.85. The second kappa shape index (κ2) is 5.61. The summed E-state index contributed by atoms with van der Waals surface area (Å²) in [7, 11) is 0. The quantitative estimate of drug-likeness (QED) is 0.876. The fourth-order valence-electron chi connectivity index (χ4n) is 1.44. The van der Waals surface area contributed by atoms with Crippen LogP contribution in [0.1, 0.15) is 26.3 Å². The largest absolute Gasteiger partial charge is 0.416 e. The fraction of sp³-hybridized carbons (Fsp3) is 0.462. The van der Waals surface area contributed by atoms with Crippen LogP contribution in [0.3, 0.4) is 0 Å². The molecule has 0 heterocycles. The van der Waals surface area contributed by atoms with Crippen LogP contribution in [0.15, 0.2) is 18.2 Å². The minimum atomic E-state index is -4.53. The van der Waals surface area contributed by atoms with Gasteiger partial charge in [-0.15, -0.1) is 0 Å². The van der Waals surface area contributed by atoms with Crippen molar-refractivity contribution in [3.63, 3.8) is 0 Å². The number of nitrogens with one attached hydrogen (secondary N) is 1. The van der Waals surface area contributed by atoms with E-state index in [-0.39, 0.29) is 10.7 Å². The molecule has 0 fully saturated rings. The van der Waals surface area contributed by atoms with Crippen LogP contribution in [0.4, 0.5) is 18.9 Å². The van der Waals surface area contributed by atoms with Crippen molar-refractivity contribution < 1.29 is 18.0 Å². The highest BCUT2D eigenvalue weighted by Crippen LogP contribution is 2.33. The van der Waals surface area contributed by atoms with E-state index >= 15 is 0 Å². The van der Waals surface area contributed by atoms with Crippen LogP contribution in [0.25, 0.3) is 0 Å². The Morgan fingerprint density at radius 1 is 1.25 bits per heavy atom. The number of amides is 1. The molecule has 0 aliphatic heterocycles. The van der Waals surface area contributed by atoms with E-state index in [0.29, 0.717) is 0 Å². The Bertz CT molecular complexity index is 509. The summed E-state index contributed by atoms with van der Waals surface area (Å²) in [5, 5.41) is 2.24. The van der Waals surface area contributed by atoms with Gasteiger partial charge in [-0.1, -0.05) is 32.4 Å². The molecule has 3 nitrogen and oxygen atoms in total. The molecular formula is C13H16ClF3N2O. The van der Waals surface area contributed by atoms with Crippen molar-refractivity contribution in [1.82, 2.24) is 0 Å². The number of hydrogen-bond acceptors (Lipinski definition) is 2. The van der Waals surface area contributed by atoms with E-state index in [4.69, 9.17) is 17.3 Å². The Balaban J connectivity index is 2.99. The highest BCUT2D eigenvalue weighted by molar-refractivity contribution is 6.31. The number of benzene rings is 1. The topological polar surface area (TPSA) is 55.1 Å². The summed E-state index contributed by atoms with van der Waals surface area (Å²) in [6.07, 6.45) is -4.53. The molecule has 0 saturated heterocycles. The van der Waals surface area contributed by atoms with E-state index in [1.54, 1.807) is 20.8 Å². The number of hydrogen-bond donors (Lipinski definition) is 2. The van der Waals surface area contributed by atoms with Gasteiger partial charge in [-0.05, 0) is 23.6 Å². The minimum Gasteiger partial charge on any atom is -0.325 e. The van der Waals surface area contributed by atoms with E-state index in [1.807, 2.05) is 0 Å². The molecule has 0 radical (unpaired) electrons. The lowest BCUT2D eigenvalue weighted by Gasteiger charge is -2.26. The molecule has 7 heteroatoms.